The molecule has 108 valence electrons. The molecule has 0 saturated carbocycles. The van der Waals surface area contributed by atoms with E-state index >= 15 is 0 Å². The molecular formula is C12H26N2O3S. The summed E-state index contributed by atoms with van der Waals surface area (Å²) in [5, 5.41) is 10.00. The van der Waals surface area contributed by atoms with E-state index < -0.39 is 15.6 Å². The number of hydrogen-bond donors (Lipinski definition) is 2. The minimum absolute atomic E-state index is 0.0128. The molecule has 0 aliphatic carbocycles. The summed E-state index contributed by atoms with van der Waals surface area (Å²) >= 11 is 0. The molecule has 1 fully saturated rings. The average Bonchev–Trinajstić information content (AvgIpc) is 2.77. The van der Waals surface area contributed by atoms with E-state index in [9.17, 15) is 13.5 Å². The molecule has 0 amide bonds. The van der Waals surface area contributed by atoms with Crippen molar-refractivity contribution in [2.75, 3.05) is 31.9 Å². The topological polar surface area (TPSA) is 69.6 Å². The molecule has 1 aliphatic heterocycles. The van der Waals surface area contributed by atoms with Gasteiger partial charge in [0.25, 0.3) is 0 Å². The molecule has 1 heterocycles. The first-order valence-electron chi connectivity index (χ1n) is 6.65. The third kappa shape index (κ3) is 5.22. The van der Waals surface area contributed by atoms with Crippen LogP contribution in [0.5, 0.6) is 0 Å². The Morgan fingerprint density at radius 2 is 1.89 bits per heavy atom. The van der Waals surface area contributed by atoms with Crippen LogP contribution in [0.3, 0.4) is 0 Å². The summed E-state index contributed by atoms with van der Waals surface area (Å²) < 4.78 is 26.1. The van der Waals surface area contributed by atoms with Gasteiger partial charge in [0.05, 0.1) is 11.4 Å². The van der Waals surface area contributed by atoms with Gasteiger partial charge in [0, 0.05) is 13.1 Å². The maximum Gasteiger partial charge on any atom is 0.212 e. The minimum Gasteiger partial charge on any atom is -0.389 e. The van der Waals surface area contributed by atoms with Crippen molar-refractivity contribution in [3.63, 3.8) is 0 Å². The minimum atomic E-state index is -3.29. The molecule has 1 atom stereocenters. The van der Waals surface area contributed by atoms with Gasteiger partial charge >= 0.3 is 0 Å². The van der Waals surface area contributed by atoms with Gasteiger partial charge in [-0.15, -0.1) is 0 Å². The largest absolute Gasteiger partial charge is 0.389 e. The Kier molecular flexibility index (Phi) is 5.58. The molecule has 0 bridgehead atoms. The van der Waals surface area contributed by atoms with E-state index in [1.165, 1.54) is 0 Å². The molecule has 0 unspecified atom stereocenters. The average molecular weight is 278 g/mol. The van der Waals surface area contributed by atoms with E-state index in [-0.39, 0.29) is 18.2 Å². The second-order valence-electron chi connectivity index (χ2n) is 5.70. The van der Waals surface area contributed by atoms with Crippen molar-refractivity contribution in [2.45, 2.75) is 39.2 Å². The van der Waals surface area contributed by atoms with Gasteiger partial charge in [-0.05, 0) is 38.8 Å². The van der Waals surface area contributed by atoms with Crippen molar-refractivity contribution >= 4 is 10.0 Å². The summed E-state index contributed by atoms with van der Waals surface area (Å²) in [5.74, 6) is 0.125. The van der Waals surface area contributed by atoms with E-state index in [2.05, 4.69) is 9.62 Å². The van der Waals surface area contributed by atoms with Gasteiger partial charge in [-0.25, -0.2) is 13.1 Å². The summed E-state index contributed by atoms with van der Waals surface area (Å²) in [6, 6.07) is 0. The fraction of sp³-hybridized carbons (Fsp3) is 1.00. The number of hydrogen-bond acceptors (Lipinski definition) is 4. The lowest BCUT2D eigenvalue weighted by atomic mass is 9.93. The summed E-state index contributed by atoms with van der Waals surface area (Å²) in [4.78, 5) is 2.17. The van der Waals surface area contributed by atoms with E-state index in [1.807, 2.05) is 13.8 Å². The highest BCUT2D eigenvalue weighted by Gasteiger charge is 2.27. The highest BCUT2D eigenvalue weighted by Crippen LogP contribution is 2.15. The summed E-state index contributed by atoms with van der Waals surface area (Å²) in [6.45, 7) is 8.06. The highest BCUT2D eigenvalue weighted by atomic mass is 32.2. The van der Waals surface area contributed by atoms with Crippen molar-refractivity contribution in [1.29, 1.82) is 0 Å². The number of nitrogens with one attached hydrogen (secondary N) is 1. The fourth-order valence-electron chi connectivity index (χ4n) is 1.79. The molecule has 5 nitrogen and oxygen atoms in total. The molecule has 0 aromatic rings. The second kappa shape index (κ2) is 6.32. The van der Waals surface area contributed by atoms with Crippen LogP contribution in [0.25, 0.3) is 0 Å². The standard InChI is InChI=1S/C12H26N2O3S/c1-11(2)12(3,15)10-13-18(16,17)9-8-14-6-4-5-7-14/h11,13,15H,4-10H2,1-3H3/t12-/m0/s1. The van der Waals surface area contributed by atoms with Crippen molar-refractivity contribution in [3.8, 4) is 0 Å². The van der Waals surface area contributed by atoms with Crippen LogP contribution in [-0.4, -0.2) is 56.0 Å². The Hall–Kier alpha value is -0.170. The monoisotopic (exact) mass is 278 g/mol. The van der Waals surface area contributed by atoms with Gasteiger partial charge in [-0.1, -0.05) is 13.8 Å². The van der Waals surface area contributed by atoms with E-state index in [0.29, 0.717) is 6.54 Å². The zero-order valence-corrected chi connectivity index (χ0v) is 12.5. The van der Waals surface area contributed by atoms with Crippen LogP contribution < -0.4 is 4.72 Å². The molecule has 1 aliphatic rings. The maximum atomic E-state index is 11.8. The predicted octanol–water partition coefficient (Wildman–Crippen LogP) is 0.409. The first-order chi connectivity index (χ1) is 8.23. The van der Waals surface area contributed by atoms with Crippen LogP contribution in [0.2, 0.25) is 0 Å². The predicted molar refractivity (Wildman–Crippen MR) is 72.9 cm³/mol. The first kappa shape index (κ1) is 15.9. The second-order valence-corrected chi connectivity index (χ2v) is 7.63. The SMILES string of the molecule is CC(C)[C@@](C)(O)CNS(=O)(=O)CCN1CCCC1. The molecule has 1 saturated heterocycles. The zero-order chi connectivity index (χ0) is 13.8. The van der Waals surface area contributed by atoms with Gasteiger partial charge in [-0.2, -0.15) is 0 Å². The number of rotatable bonds is 7. The van der Waals surface area contributed by atoms with E-state index in [4.69, 9.17) is 0 Å². The molecule has 0 aromatic heterocycles. The van der Waals surface area contributed by atoms with Gasteiger partial charge in [0.2, 0.25) is 10.0 Å². The highest BCUT2D eigenvalue weighted by molar-refractivity contribution is 7.89. The molecule has 0 spiro atoms. The molecule has 1 rings (SSSR count). The van der Waals surface area contributed by atoms with E-state index in [0.717, 1.165) is 25.9 Å². The Bertz CT molecular complexity index is 346. The number of likely N-dealkylation sites (tertiary alicyclic amines) is 1. The van der Waals surface area contributed by atoms with Gasteiger partial charge in [-0.3, -0.25) is 0 Å². The zero-order valence-electron chi connectivity index (χ0n) is 11.6. The third-order valence-electron chi connectivity index (χ3n) is 3.77. The molecular weight excluding hydrogens is 252 g/mol. The molecule has 2 N–H and O–H groups in total. The van der Waals surface area contributed by atoms with Crippen molar-refractivity contribution in [1.82, 2.24) is 9.62 Å². The summed E-state index contributed by atoms with van der Waals surface area (Å²) in [6.07, 6.45) is 2.32. The smallest absolute Gasteiger partial charge is 0.212 e. The Morgan fingerprint density at radius 1 is 1.33 bits per heavy atom. The fourth-order valence-corrected chi connectivity index (χ4v) is 2.94. The van der Waals surface area contributed by atoms with Crippen LogP contribution in [0.4, 0.5) is 0 Å². The first-order valence-corrected chi connectivity index (χ1v) is 8.30. The molecule has 18 heavy (non-hydrogen) atoms. The Labute approximate surface area is 111 Å². The number of aliphatic hydroxyl groups is 1. The maximum absolute atomic E-state index is 11.8. The lowest BCUT2D eigenvalue weighted by molar-refractivity contribution is 0.0190. The molecule has 0 radical (unpaired) electrons. The molecule has 6 heteroatoms. The van der Waals surface area contributed by atoms with Crippen LogP contribution in [-0.2, 0) is 10.0 Å². The van der Waals surface area contributed by atoms with Gasteiger partial charge in [0.15, 0.2) is 0 Å². The van der Waals surface area contributed by atoms with Crippen molar-refractivity contribution in [3.05, 3.63) is 0 Å². The quantitative estimate of drug-likeness (QED) is 0.707. The normalized spacial score (nSPS) is 21.4. The Morgan fingerprint density at radius 3 is 2.39 bits per heavy atom. The van der Waals surface area contributed by atoms with E-state index in [1.54, 1.807) is 6.92 Å². The van der Waals surface area contributed by atoms with Crippen molar-refractivity contribution in [2.24, 2.45) is 5.92 Å². The van der Waals surface area contributed by atoms with Crippen LogP contribution >= 0.6 is 0 Å². The van der Waals surface area contributed by atoms with Crippen LogP contribution in [0.15, 0.2) is 0 Å². The number of nitrogens with zero attached hydrogens (tertiary/aromatic N) is 1. The van der Waals surface area contributed by atoms with Crippen molar-refractivity contribution < 1.29 is 13.5 Å². The lowest BCUT2D eigenvalue weighted by Gasteiger charge is -2.27. The summed E-state index contributed by atoms with van der Waals surface area (Å²) in [7, 11) is -3.29. The Balaban J connectivity index is 2.35. The number of sulfonamides is 1. The van der Waals surface area contributed by atoms with Crippen LogP contribution in [0, 0.1) is 5.92 Å². The van der Waals surface area contributed by atoms with Gasteiger partial charge < -0.3 is 10.0 Å². The lowest BCUT2D eigenvalue weighted by Crippen LogP contribution is -2.45. The van der Waals surface area contributed by atoms with Crippen LogP contribution in [0.1, 0.15) is 33.6 Å². The molecule has 0 aromatic carbocycles. The van der Waals surface area contributed by atoms with Gasteiger partial charge in [0.1, 0.15) is 0 Å². The summed E-state index contributed by atoms with van der Waals surface area (Å²) in [5.41, 5.74) is -0.999. The third-order valence-corrected chi connectivity index (χ3v) is 5.07.